The van der Waals surface area contributed by atoms with Crippen molar-refractivity contribution >= 4 is 0 Å². The third kappa shape index (κ3) is 10.4. The predicted molar refractivity (Wildman–Crippen MR) is 68.9 cm³/mol. The minimum absolute atomic E-state index is 0.0637. The third-order valence-corrected chi connectivity index (χ3v) is 2.50. The number of ether oxygens (including phenoxy) is 2. The van der Waals surface area contributed by atoms with Crippen molar-refractivity contribution in [1.82, 2.24) is 5.32 Å². The van der Waals surface area contributed by atoms with Crippen LogP contribution in [0, 0.1) is 0 Å². The lowest BCUT2D eigenvalue weighted by molar-refractivity contribution is -0.0346. The maximum Gasteiger partial charge on any atom is 0.0707 e. The topological polar surface area (TPSA) is 30.5 Å². The van der Waals surface area contributed by atoms with Crippen molar-refractivity contribution in [2.75, 3.05) is 26.4 Å². The van der Waals surface area contributed by atoms with E-state index in [0.29, 0.717) is 13.2 Å². The Kier molecular flexibility index (Phi) is 7.20. The first-order chi connectivity index (χ1) is 7.27. The zero-order chi connectivity index (χ0) is 12.7. The maximum absolute atomic E-state index is 5.55. The molecule has 0 bridgehead atoms. The van der Waals surface area contributed by atoms with Crippen LogP contribution in [0.2, 0.25) is 0 Å². The lowest BCUT2D eigenvalue weighted by atomic mass is 10.0. The summed E-state index contributed by atoms with van der Waals surface area (Å²) in [6, 6.07) is 0. The molecule has 0 amide bonds. The molecule has 0 saturated carbocycles. The van der Waals surface area contributed by atoms with Crippen molar-refractivity contribution in [3.63, 3.8) is 0 Å². The molecule has 0 aliphatic rings. The van der Waals surface area contributed by atoms with Gasteiger partial charge in [0.1, 0.15) is 0 Å². The van der Waals surface area contributed by atoms with Gasteiger partial charge in [0.25, 0.3) is 0 Å². The monoisotopic (exact) mass is 231 g/mol. The van der Waals surface area contributed by atoms with Crippen molar-refractivity contribution in [3.8, 4) is 0 Å². The summed E-state index contributed by atoms with van der Waals surface area (Å²) in [5.41, 5.74) is 0.150. The molecule has 1 N–H and O–H groups in total. The standard InChI is InChI=1S/C13H29NO2/c1-7-13(5,6)14-8-9-15-10-11-16-12(2,3)4/h14H,7-11H2,1-6H3. The van der Waals surface area contributed by atoms with Crippen LogP contribution in [0.4, 0.5) is 0 Å². The Balaban J connectivity index is 3.29. The highest BCUT2D eigenvalue weighted by Gasteiger charge is 2.12. The van der Waals surface area contributed by atoms with Crippen LogP contribution >= 0.6 is 0 Å². The fourth-order valence-corrected chi connectivity index (χ4v) is 1.10. The molecule has 0 saturated heterocycles. The highest BCUT2D eigenvalue weighted by molar-refractivity contribution is 4.74. The predicted octanol–water partition coefficient (Wildman–Crippen LogP) is 2.60. The molecule has 0 aliphatic carbocycles. The molecule has 3 nitrogen and oxygen atoms in total. The molecule has 0 aromatic carbocycles. The van der Waals surface area contributed by atoms with Gasteiger partial charge in [-0.15, -0.1) is 0 Å². The Labute approximate surface area is 101 Å². The summed E-state index contributed by atoms with van der Waals surface area (Å²) in [6.07, 6.45) is 1.13. The molecule has 0 heterocycles. The first-order valence-electron chi connectivity index (χ1n) is 6.23. The van der Waals surface area contributed by atoms with E-state index in [2.05, 4.69) is 46.9 Å². The van der Waals surface area contributed by atoms with Gasteiger partial charge >= 0.3 is 0 Å². The van der Waals surface area contributed by atoms with E-state index in [-0.39, 0.29) is 11.1 Å². The molecule has 16 heavy (non-hydrogen) atoms. The summed E-state index contributed by atoms with van der Waals surface area (Å²) in [6.45, 7) is 15.7. The summed E-state index contributed by atoms with van der Waals surface area (Å²) in [4.78, 5) is 0. The first kappa shape index (κ1) is 15.9. The van der Waals surface area contributed by atoms with E-state index in [1.54, 1.807) is 0 Å². The Hall–Kier alpha value is -0.120. The van der Waals surface area contributed by atoms with Gasteiger partial charge in [0.2, 0.25) is 0 Å². The second-order valence-electron chi connectivity index (χ2n) is 5.74. The molecule has 0 unspecified atom stereocenters. The molecule has 0 aliphatic heterocycles. The minimum Gasteiger partial charge on any atom is -0.378 e. The molecule has 0 atom stereocenters. The van der Waals surface area contributed by atoms with Crippen molar-refractivity contribution in [2.24, 2.45) is 0 Å². The number of hydrogen-bond acceptors (Lipinski definition) is 3. The molecule has 0 aromatic rings. The zero-order valence-electron chi connectivity index (χ0n) is 11.9. The smallest absolute Gasteiger partial charge is 0.0707 e. The van der Waals surface area contributed by atoms with Gasteiger partial charge < -0.3 is 14.8 Å². The highest BCUT2D eigenvalue weighted by Crippen LogP contribution is 2.06. The average molecular weight is 231 g/mol. The van der Waals surface area contributed by atoms with E-state index in [1.165, 1.54) is 0 Å². The van der Waals surface area contributed by atoms with Crippen molar-refractivity contribution in [1.29, 1.82) is 0 Å². The van der Waals surface area contributed by atoms with E-state index < -0.39 is 0 Å². The molecule has 0 radical (unpaired) electrons. The lowest BCUT2D eigenvalue weighted by Crippen LogP contribution is -2.40. The van der Waals surface area contributed by atoms with Crippen LogP contribution in [0.3, 0.4) is 0 Å². The minimum atomic E-state index is -0.0637. The van der Waals surface area contributed by atoms with Gasteiger partial charge in [-0.2, -0.15) is 0 Å². The van der Waals surface area contributed by atoms with Gasteiger partial charge in [0.15, 0.2) is 0 Å². The van der Waals surface area contributed by atoms with Crippen LogP contribution in [0.5, 0.6) is 0 Å². The van der Waals surface area contributed by atoms with Gasteiger partial charge in [-0.25, -0.2) is 0 Å². The van der Waals surface area contributed by atoms with Crippen molar-refractivity contribution in [3.05, 3.63) is 0 Å². The third-order valence-electron chi connectivity index (χ3n) is 2.50. The van der Waals surface area contributed by atoms with Gasteiger partial charge in [-0.1, -0.05) is 6.92 Å². The largest absolute Gasteiger partial charge is 0.378 e. The van der Waals surface area contributed by atoms with Crippen molar-refractivity contribution < 1.29 is 9.47 Å². The van der Waals surface area contributed by atoms with Crippen molar-refractivity contribution in [2.45, 2.75) is 59.1 Å². The van der Waals surface area contributed by atoms with Crippen LogP contribution in [-0.4, -0.2) is 37.5 Å². The molecule has 0 aromatic heterocycles. The number of hydrogen-bond donors (Lipinski definition) is 1. The molecule has 98 valence electrons. The molecule has 0 spiro atoms. The number of rotatable bonds is 8. The molecule has 0 rings (SSSR count). The normalized spacial score (nSPS) is 13.1. The van der Waals surface area contributed by atoms with Gasteiger partial charge in [-0.3, -0.25) is 0 Å². The quantitative estimate of drug-likeness (QED) is 0.651. The Morgan fingerprint density at radius 2 is 1.56 bits per heavy atom. The lowest BCUT2D eigenvalue weighted by Gasteiger charge is -2.24. The summed E-state index contributed by atoms with van der Waals surface area (Å²) >= 11 is 0. The number of nitrogens with one attached hydrogen (secondary N) is 1. The summed E-state index contributed by atoms with van der Waals surface area (Å²) in [5.74, 6) is 0. The van der Waals surface area contributed by atoms with Crippen LogP contribution in [0.1, 0.15) is 48.0 Å². The molecule has 3 heteroatoms. The second-order valence-corrected chi connectivity index (χ2v) is 5.74. The Bertz CT molecular complexity index is 173. The molecule has 0 fully saturated rings. The van der Waals surface area contributed by atoms with Crippen LogP contribution < -0.4 is 5.32 Å². The van der Waals surface area contributed by atoms with E-state index >= 15 is 0 Å². The van der Waals surface area contributed by atoms with Gasteiger partial charge in [-0.05, 0) is 41.0 Å². The fraction of sp³-hybridized carbons (Fsp3) is 1.00. The average Bonchev–Trinajstić information content (AvgIpc) is 2.14. The molecular weight excluding hydrogens is 202 g/mol. The summed E-state index contributed by atoms with van der Waals surface area (Å²) in [7, 11) is 0. The van der Waals surface area contributed by atoms with Crippen LogP contribution in [0.15, 0.2) is 0 Å². The van der Waals surface area contributed by atoms with E-state index in [9.17, 15) is 0 Å². The first-order valence-corrected chi connectivity index (χ1v) is 6.23. The maximum atomic E-state index is 5.55. The molecular formula is C13H29NO2. The van der Waals surface area contributed by atoms with E-state index in [0.717, 1.165) is 19.6 Å². The highest BCUT2D eigenvalue weighted by atomic mass is 16.5. The fourth-order valence-electron chi connectivity index (χ4n) is 1.10. The Morgan fingerprint density at radius 1 is 0.938 bits per heavy atom. The zero-order valence-corrected chi connectivity index (χ0v) is 11.9. The van der Waals surface area contributed by atoms with E-state index in [1.807, 2.05) is 0 Å². The summed E-state index contributed by atoms with van der Waals surface area (Å²) in [5, 5.41) is 3.45. The SMILES string of the molecule is CCC(C)(C)NCCOCCOC(C)(C)C. The van der Waals surface area contributed by atoms with Gasteiger partial charge in [0.05, 0.1) is 25.4 Å². The Morgan fingerprint density at radius 3 is 2.06 bits per heavy atom. The van der Waals surface area contributed by atoms with E-state index in [4.69, 9.17) is 9.47 Å². The van der Waals surface area contributed by atoms with Crippen LogP contribution in [-0.2, 0) is 9.47 Å². The summed E-state index contributed by atoms with van der Waals surface area (Å²) < 4.78 is 11.0. The van der Waals surface area contributed by atoms with Gasteiger partial charge in [0, 0.05) is 12.1 Å². The van der Waals surface area contributed by atoms with Crippen LogP contribution in [0.25, 0.3) is 0 Å². The second kappa shape index (κ2) is 7.25.